The summed E-state index contributed by atoms with van der Waals surface area (Å²) in [5, 5.41) is 0. The Morgan fingerprint density at radius 2 is 1.85 bits per heavy atom. The molecule has 0 radical (unpaired) electrons. The van der Waals surface area contributed by atoms with Gasteiger partial charge < -0.3 is 9.64 Å². The molecule has 2 aliphatic rings. The van der Waals surface area contributed by atoms with Crippen LogP contribution in [0.3, 0.4) is 0 Å². The lowest BCUT2D eigenvalue weighted by Gasteiger charge is -2.34. The molecule has 0 aliphatic carbocycles. The van der Waals surface area contributed by atoms with Crippen LogP contribution in [0, 0.1) is 0 Å². The van der Waals surface area contributed by atoms with Crippen LogP contribution >= 0.6 is 0 Å². The maximum Gasteiger partial charge on any atom is 0.274 e. The predicted molar refractivity (Wildman–Crippen MR) is 98.8 cm³/mol. The van der Waals surface area contributed by atoms with Gasteiger partial charge in [0.15, 0.2) is 5.78 Å². The Morgan fingerprint density at radius 3 is 2.74 bits per heavy atom. The molecule has 2 aromatic carbocycles. The first-order valence-electron chi connectivity index (χ1n) is 8.96. The quantitative estimate of drug-likeness (QED) is 0.668. The van der Waals surface area contributed by atoms with E-state index in [-0.39, 0.29) is 18.1 Å². The molecular weight excluding hydrogens is 342 g/mol. The topological polar surface area (TPSA) is 72.4 Å². The Hall–Kier alpha value is -3.28. The molecule has 1 amide bonds. The van der Waals surface area contributed by atoms with E-state index >= 15 is 0 Å². The zero-order valence-corrected chi connectivity index (χ0v) is 14.6. The van der Waals surface area contributed by atoms with Crippen LogP contribution in [0.4, 0.5) is 0 Å². The number of carbonyl (C=O) groups excluding carboxylic acids is 2. The first-order valence-corrected chi connectivity index (χ1v) is 8.96. The van der Waals surface area contributed by atoms with Crippen LogP contribution in [-0.2, 0) is 0 Å². The fraction of sp³-hybridized carbons (Fsp3) is 0.238. The molecule has 1 aromatic heterocycles. The van der Waals surface area contributed by atoms with Gasteiger partial charge in [-0.3, -0.25) is 14.6 Å². The fourth-order valence-corrected chi connectivity index (χ4v) is 3.91. The number of benzene rings is 2. The molecule has 1 spiro atoms. The van der Waals surface area contributed by atoms with E-state index in [1.54, 1.807) is 11.0 Å². The van der Waals surface area contributed by atoms with Gasteiger partial charge >= 0.3 is 0 Å². The molecule has 1 fully saturated rings. The van der Waals surface area contributed by atoms with Crippen molar-refractivity contribution in [3.05, 3.63) is 66.0 Å². The highest BCUT2D eigenvalue weighted by Crippen LogP contribution is 2.38. The Balaban J connectivity index is 1.40. The molecule has 2 aliphatic heterocycles. The van der Waals surface area contributed by atoms with E-state index in [2.05, 4.69) is 9.97 Å². The first kappa shape index (κ1) is 15.9. The molecule has 1 saturated heterocycles. The van der Waals surface area contributed by atoms with Crippen LogP contribution in [0.5, 0.6) is 5.75 Å². The van der Waals surface area contributed by atoms with Crippen LogP contribution in [0.1, 0.15) is 33.7 Å². The van der Waals surface area contributed by atoms with Crippen LogP contribution in [-0.4, -0.2) is 45.2 Å². The monoisotopic (exact) mass is 359 g/mol. The number of fused-ring (bicyclic) bond motifs is 2. The van der Waals surface area contributed by atoms with Crippen molar-refractivity contribution >= 4 is 22.7 Å². The number of hydrogen-bond donors (Lipinski definition) is 0. The number of ether oxygens (including phenoxy) is 1. The Bertz CT molecular complexity index is 1080. The summed E-state index contributed by atoms with van der Waals surface area (Å²) in [6.07, 6.45) is 2.43. The molecular formula is C21H17N3O3. The maximum atomic E-state index is 12.9. The lowest BCUT2D eigenvalue weighted by Crippen LogP contribution is -2.45. The maximum absolute atomic E-state index is 12.9. The third-order valence-electron chi connectivity index (χ3n) is 5.27. The summed E-state index contributed by atoms with van der Waals surface area (Å²) in [5.74, 6) is 0.491. The van der Waals surface area contributed by atoms with Gasteiger partial charge in [0.1, 0.15) is 17.0 Å². The SMILES string of the molecule is O=C1CC2(CCN(C(=O)c3cnc4ccccc4n3)C2)Oc2ccccc21. The summed E-state index contributed by atoms with van der Waals surface area (Å²) in [5.41, 5.74) is 1.73. The normalized spacial score (nSPS) is 21.3. The minimum Gasteiger partial charge on any atom is -0.484 e. The number of aromatic nitrogens is 2. The minimum absolute atomic E-state index is 0.0663. The van der Waals surface area contributed by atoms with Crippen LogP contribution in [0.15, 0.2) is 54.7 Å². The van der Waals surface area contributed by atoms with Gasteiger partial charge in [0.05, 0.1) is 35.8 Å². The highest BCUT2D eigenvalue weighted by Gasteiger charge is 2.47. The van der Waals surface area contributed by atoms with Crippen molar-refractivity contribution in [2.45, 2.75) is 18.4 Å². The van der Waals surface area contributed by atoms with Crippen molar-refractivity contribution in [2.75, 3.05) is 13.1 Å². The van der Waals surface area contributed by atoms with E-state index in [1.165, 1.54) is 6.20 Å². The van der Waals surface area contributed by atoms with Gasteiger partial charge in [-0.25, -0.2) is 4.98 Å². The number of likely N-dealkylation sites (tertiary alicyclic amines) is 1. The third kappa shape index (κ3) is 2.65. The van der Waals surface area contributed by atoms with E-state index in [4.69, 9.17) is 4.74 Å². The third-order valence-corrected chi connectivity index (χ3v) is 5.27. The molecule has 0 saturated carbocycles. The summed E-state index contributed by atoms with van der Waals surface area (Å²) in [4.78, 5) is 35.9. The smallest absolute Gasteiger partial charge is 0.274 e. The predicted octanol–water partition coefficient (Wildman–Crippen LogP) is 2.88. The van der Waals surface area contributed by atoms with Crippen LogP contribution in [0.2, 0.25) is 0 Å². The summed E-state index contributed by atoms with van der Waals surface area (Å²) >= 11 is 0. The van der Waals surface area contributed by atoms with Crippen molar-refractivity contribution in [3.63, 3.8) is 0 Å². The standard InChI is InChI=1S/C21H17N3O3/c25-18-11-21(27-19-8-4-1-5-14(18)19)9-10-24(13-21)20(26)17-12-22-15-6-2-3-7-16(15)23-17/h1-8,12H,9-11,13H2. The molecule has 27 heavy (non-hydrogen) atoms. The van der Waals surface area contributed by atoms with E-state index < -0.39 is 5.60 Å². The molecule has 1 unspecified atom stereocenters. The van der Waals surface area contributed by atoms with Gasteiger partial charge in [-0.15, -0.1) is 0 Å². The summed E-state index contributed by atoms with van der Waals surface area (Å²) < 4.78 is 6.19. The Kier molecular flexibility index (Phi) is 3.47. The highest BCUT2D eigenvalue weighted by molar-refractivity contribution is 6.00. The molecule has 0 N–H and O–H groups in total. The molecule has 3 heterocycles. The van der Waals surface area contributed by atoms with Gasteiger partial charge in [-0.2, -0.15) is 0 Å². The van der Waals surface area contributed by atoms with E-state index in [9.17, 15) is 9.59 Å². The summed E-state index contributed by atoms with van der Waals surface area (Å²) in [6, 6.07) is 14.7. The Labute approximate surface area is 155 Å². The van der Waals surface area contributed by atoms with Crippen molar-refractivity contribution in [3.8, 4) is 5.75 Å². The number of carbonyl (C=O) groups is 2. The van der Waals surface area contributed by atoms with Crippen LogP contribution in [0.25, 0.3) is 11.0 Å². The number of Topliss-reactive ketones (excluding diaryl/α,β-unsaturated/α-hetero) is 1. The molecule has 0 bridgehead atoms. The average molecular weight is 359 g/mol. The van der Waals surface area contributed by atoms with E-state index in [0.717, 1.165) is 5.52 Å². The molecule has 6 heteroatoms. The minimum atomic E-state index is -0.647. The molecule has 6 nitrogen and oxygen atoms in total. The number of rotatable bonds is 1. The van der Waals surface area contributed by atoms with E-state index in [1.807, 2.05) is 42.5 Å². The summed E-state index contributed by atoms with van der Waals surface area (Å²) in [6.45, 7) is 0.906. The van der Waals surface area contributed by atoms with Gasteiger partial charge in [-0.05, 0) is 24.3 Å². The van der Waals surface area contributed by atoms with Gasteiger partial charge in [0.2, 0.25) is 0 Å². The molecule has 134 valence electrons. The van der Waals surface area contributed by atoms with Crippen molar-refractivity contribution < 1.29 is 14.3 Å². The molecule has 5 rings (SSSR count). The van der Waals surface area contributed by atoms with E-state index in [0.29, 0.717) is 42.0 Å². The van der Waals surface area contributed by atoms with Crippen molar-refractivity contribution in [2.24, 2.45) is 0 Å². The second-order valence-electron chi connectivity index (χ2n) is 7.10. The van der Waals surface area contributed by atoms with Gasteiger partial charge in [-0.1, -0.05) is 24.3 Å². The largest absolute Gasteiger partial charge is 0.484 e. The van der Waals surface area contributed by atoms with Gasteiger partial charge in [0, 0.05) is 13.0 Å². The first-order chi connectivity index (χ1) is 13.1. The zero-order chi connectivity index (χ0) is 18.4. The number of hydrogen-bond acceptors (Lipinski definition) is 5. The fourth-order valence-electron chi connectivity index (χ4n) is 3.91. The number of ketones is 1. The lowest BCUT2D eigenvalue weighted by molar-refractivity contribution is 0.0427. The lowest BCUT2D eigenvalue weighted by atomic mass is 9.89. The van der Waals surface area contributed by atoms with Crippen molar-refractivity contribution in [1.29, 1.82) is 0 Å². The Morgan fingerprint density at radius 1 is 1.07 bits per heavy atom. The number of para-hydroxylation sites is 3. The van der Waals surface area contributed by atoms with Gasteiger partial charge in [0.25, 0.3) is 5.91 Å². The second-order valence-corrected chi connectivity index (χ2v) is 7.10. The second kappa shape index (κ2) is 5.87. The average Bonchev–Trinajstić information content (AvgIpc) is 3.10. The van der Waals surface area contributed by atoms with Crippen LogP contribution < -0.4 is 4.74 Å². The zero-order valence-electron chi connectivity index (χ0n) is 14.6. The number of nitrogens with zero attached hydrogens (tertiary/aromatic N) is 3. The molecule has 3 aromatic rings. The number of amides is 1. The molecule has 1 atom stereocenters. The van der Waals surface area contributed by atoms with Crippen molar-refractivity contribution in [1.82, 2.24) is 14.9 Å². The summed E-state index contributed by atoms with van der Waals surface area (Å²) in [7, 11) is 0. The highest BCUT2D eigenvalue weighted by atomic mass is 16.5.